The van der Waals surface area contributed by atoms with Gasteiger partial charge < -0.3 is 4.52 Å². The maximum atomic E-state index is 5.24. The number of rotatable bonds is 4. The van der Waals surface area contributed by atoms with Crippen LogP contribution in [-0.4, -0.2) is 19.9 Å². The van der Waals surface area contributed by atoms with E-state index in [0.717, 1.165) is 22.1 Å². The van der Waals surface area contributed by atoms with Crippen LogP contribution in [0.4, 0.5) is 0 Å². The van der Waals surface area contributed by atoms with E-state index in [9.17, 15) is 0 Å². The number of aryl methyl sites for hydroxylation is 1. The number of nitrogens with zero attached hydrogens (tertiary/aromatic N) is 4. The third-order valence-corrected chi connectivity index (χ3v) is 3.47. The molecule has 0 fully saturated rings. The monoisotopic (exact) mass is 346 g/mol. The summed E-state index contributed by atoms with van der Waals surface area (Å²) in [6, 6.07) is 0. The van der Waals surface area contributed by atoms with Crippen molar-refractivity contribution in [1.82, 2.24) is 19.9 Å². The molecule has 0 saturated heterocycles. The van der Waals surface area contributed by atoms with E-state index >= 15 is 0 Å². The Labute approximate surface area is 114 Å². The van der Waals surface area contributed by atoms with Gasteiger partial charge in [0.1, 0.15) is 5.69 Å². The Balaban J connectivity index is 2.21. The SMILES string of the molecule is CCC(C)Cc1nc(-c2nn(C)cc2I)no1. The van der Waals surface area contributed by atoms with Crippen LogP contribution in [0.15, 0.2) is 10.7 Å². The van der Waals surface area contributed by atoms with Crippen LogP contribution in [0.5, 0.6) is 0 Å². The van der Waals surface area contributed by atoms with Crippen LogP contribution in [0.3, 0.4) is 0 Å². The Morgan fingerprint density at radius 2 is 2.29 bits per heavy atom. The molecule has 0 spiro atoms. The van der Waals surface area contributed by atoms with Crippen molar-refractivity contribution < 1.29 is 4.52 Å². The molecule has 0 aliphatic rings. The lowest BCUT2D eigenvalue weighted by Crippen LogP contribution is -1.97. The number of hydrogen-bond donors (Lipinski definition) is 0. The molecule has 5 nitrogen and oxygen atoms in total. The lowest BCUT2D eigenvalue weighted by molar-refractivity contribution is 0.356. The second-order valence-electron chi connectivity index (χ2n) is 4.23. The van der Waals surface area contributed by atoms with Crippen molar-refractivity contribution >= 4 is 22.6 Å². The second kappa shape index (κ2) is 5.16. The summed E-state index contributed by atoms with van der Waals surface area (Å²) in [7, 11) is 1.88. The molecular formula is C11H15IN4O. The highest BCUT2D eigenvalue weighted by atomic mass is 127. The van der Waals surface area contributed by atoms with Crippen molar-refractivity contribution in [2.75, 3.05) is 0 Å². The summed E-state index contributed by atoms with van der Waals surface area (Å²) in [5.41, 5.74) is 0.784. The summed E-state index contributed by atoms with van der Waals surface area (Å²) in [5.74, 6) is 1.83. The van der Waals surface area contributed by atoms with E-state index in [1.54, 1.807) is 4.68 Å². The fourth-order valence-electron chi connectivity index (χ4n) is 1.49. The van der Waals surface area contributed by atoms with Gasteiger partial charge in [-0.1, -0.05) is 25.4 Å². The first-order chi connectivity index (χ1) is 8.10. The molecule has 2 heterocycles. The van der Waals surface area contributed by atoms with Crippen LogP contribution in [0.25, 0.3) is 11.5 Å². The molecule has 17 heavy (non-hydrogen) atoms. The third-order valence-electron chi connectivity index (χ3n) is 2.68. The minimum atomic E-state index is 0.561. The van der Waals surface area contributed by atoms with E-state index in [2.05, 4.69) is 51.7 Å². The molecule has 2 rings (SSSR count). The number of hydrogen-bond acceptors (Lipinski definition) is 4. The Hall–Kier alpha value is -0.920. The summed E-state index contributed by atoms with van der Waals surface area (Å²) in [4.78, 5) is 4.38. The van der Waals surface area contributed by atoms with Gasteiger partial charge in [-0.3, -0.25) is 4.68 Å². The zero-order valence-corrected chi connectivity index (χ0v) is 12.3. The van der Waals surface area contributed by atoms with E-state index in [-0.39, 0.29) is 0 Å². The first kappa shape index (κ1) is 12.5. The quantitative estimate of drug-likeness (QED) is 0.799. The lowest BCUT2D eigenvalue weighted by Gasteiger charge is -2.01. The Morgan fingerprint density at radius 1 is 1.53 bits per heavy atom. The first-order valence-corrected chi connectivity index (χ1v) is 6.70. The Bertz CT molecular complexity index is 505. The van der Waals surface area contributed by atoms with Crippen molar-refractivity contribution in [3.8, 4) is 11.5 Å². The minimum absolute atomic E-state index is 0.561. The van der Waals surface area contributed by atoms with E-state index in [0.29, 0.717) is 17.6 Å². The maximum Gasteiger partial charge on any atom is 0.227 e. The van der Waals surface area contributed by atoms with Crippen LogP contribution in [0.2, 0.25) is 0 Å². The predicted octanol–water partition coefficient (Wildman–Crippen LogP) is 2.66. The molecule has 0 amide bonds. The molecule has 92 valence electrons. The van der Waals surface area contributed by atoms with Gasteiger partial charge >= 0.3 is 0 Å². The first-order valence-electron chi connectivity index (χ1n) is 5.62. The van der Waals surface area contributed by atoms with E-state index in [1.165, 1.54) is 0 Å². The smallest absolute Gasteiger partial charge is 0.227 e. The van der Waals surface area contributed by atoms with Gasteiger partial charge in [0.05, 0.1) is 3.57 Å². The highest BCUT2D eigenvalue weighted by Crippen LogP contribution is 2.21. The van der Waals surface area contributed by atoms with Crippen LogP contribution in [0.1, 0.15) is 26.2 Å². The van der Waals surface area contributed by atoms with Crippen LogP contribution in [-0.2, 0) is 13.5 Å². The van der Waals surface area contributed by atoms with Crippen LogP contribution < -0.4 is 0 Å². The Kier molecular flexibility index (Phi) is 3.80. The molecule has 2 aromatic rings. The minimum Gasteiger partial charge on any atom is -0.339 e. The van der Waals surface area contributed by atoms with Crippen molar-refractivity contribution in [1.29, 1.82) is 0 Å². The molecule has 0 aliphatic heterocycles. The molecule has 0 aliphatic carbocycles. The normalized spacial score (nSPS) is 12.9. The summed E-state index contributed by atoms with van der Waals surface area (Å²) in [6.45, 7) is 4.33. The van der Waals surface area contributed by atoms with E-state index < -0.39 is 0 Å². The Morgan fingerprint density at radius 3 is 2.88 bits per heavy atom. The van der Waals surface area contributed by atoms with Crippen molar-refractivity contribution in [2.24, 2.45) is 13.0 Å². The van der Waals surface area contributed by atoms with Gasteiger partial charge in [-0.05, 0) is 28.5 Å². The zero-order valence-electron chi connectivity index (χ0n) is 10.1. The molecule has 1 atom stereocenters. The highest BCUT2D eigenvalue weighted by Gasteiger charge is 2.15. The average molecular weight is 346 g/mol. The van der Waals surface area contributed by atoms with Crippen LogP contribution >= 0.6 is 22.6 Å². The molecule has 0 saturated carbocycles. The lowest BCUT2D eigenvalue weighted by atomic mass is 10.1. The standard InChI is InChI=1S/C11H15IN4O/c1-4-7(2)5-9-13-11(15-17-9)10-8(12)6-16(3)14-10/h6-7H,4-5H2,1-3H3. The van der Waals surface area contributed by atoms with Gasteiger partial charge in [-0.2, -0.15) is 10.1 Å². The molecule has 0 aromatic carbocycles. The molecule has 6 heteroatoms. The zero-order chi connectivity index (χ0) is 12.4. The largest absolute Gasteiger partial charge is 0.339 e. The molecule has 0 bridgehead atoms. The summed E-state index contributed by atoms with van der Waals surface area (Å²) in [5, 5.41) is 8.30. The van der Waals surface area contributed by atoms with Gasteiger partial charge in [-0.25, -0.2) is 0 Å². The van der Waals surface area contributed by atoms with Gasteiger partial charge in [0.25, 0.3) is 0 Å². The fourth-order valence-corrected chi connectivity index (χ4v) is 2.24. The second-order valence-corrected chi connectivity index (χ2v) is 5.39. The predicted molar refractivity (Wildman–Crippen MR) is 72.4 cm³/mol. The average Bonchev–Trinajstić information content (AvgIpc) is 2.85. The van der Waals surface area contributed by atoms with E-state index in [1.807, 2.05) is 13.2 Å². The van der Waals surface area contributed by atoms with E-state index in [4.69, 9.17) is 4.52 Å². The summed E-state index contributed by atoms with van der Waals surface area (Å²) < 4.78 is 8.02. The van der Waals surface area contributed by atoms with Crippen molar-refractivity contribution in [3.63, 3.8) is 0 Å². The molecule has 0 radical (unpaired) electrons. The van der Waals surface area contributed by atoms with Crippen molar-refractivity contribution in [2.45, 2.75) is 26.7 Å². The number of aromatic nitrogens is 4. The molecular weight excluding hydrogens is 331 g/mol. The molecule has 2 aromatic heterocycles. The third kappa shape index (κ3) is 2.85. The summed E-state index contributed by atoms with van der Waals surface area (Å²) in [6.07, 6.45) is 3.87. The van der Waals surface area contributed by atoms with Gasteiger partial charge in [0.15, 0.2) is 0 Å². The van der Waals surface area contributed by atoms with Crippen LogP contribution in [0, 0.1) is 9.49 Å². The topological polar surface area (TPSA) is 56.7 Å². The van der Waals surface area contributed by atoms with Gasteiger partial charge in [-0.15, -0.1) is 0 Å². The molecule has 1 unspecified atom stereocenters. The van der Waals surface area contributed by atoms with Gasteiger partial charge in [0.2, 0.25) is 11.7 Å². The molecule has 0 N–H and O–H groups in total. The van der Waals surface area contributed by atoms with Gasteiger partial charge in [0, 0.05) is 19.7 Å². The summed E-state index contributed by atoms with van der Waals surface area (Å²) >= 11 is 2.22. The highest BCUT2D eigenvalue weighted by molar-refractivity contribution is 14.1. The number of halogens is 1. The fraction of sp³-hybridized carbons (Fsp3) is 0.545. The van der Waals surface area contributed by atoms with Crippen molar-refractivity contribution in [3.05, 3.63) is 15.7 Å². The maximum absolute atomic E-state index is 5.24.